The molecule has 0 unspecified atom stereocenters. The lowest BCUT2D eigenvalue weighted by Crippen LogP contribution is -2.69. The number of hydrogen-bond donors (Lipinski definition) is 2. The third kappa shape index (κ3) is 1.55. The van der Waals surface area contributed by atoms with Crippen molar-refractivity contribution in [1.82, 2.24) is 4.90 Å². The topological polar surface area (TPSA) is 66.6 Å². The van der Waals surface area contributed by atoms with Crippen LogP contribution in [0, 0.1) is 11.3 Å². The number of β-amino-alcohol motifs (C(OH)–C–C–N with tert-alkyl or cyclic N) is 1. The van der Waals surface area contributed by atoms with Crippen LogP contribution in [-0.2, 0) is 4.79 Å². The summed E-state index contributed by atoms with van der Waals surface area (Å²) < 4.78 is 0. The van der Waals surface area contributed by atoms with Gasteiger partial charge in [-0.15, -0.1) is 0 Å². The number of carbonyl (C=O) groups excluding carboxylic acids is 1. The lowest BCUT2D eigenvalue weighted by atomic mass is 9.66. The van der Waals surface area contributed by atoms with E-state index in [0.717, 1.165) is 19.3 Å². The Kier molecular flexibility index (Phi) is 2.75. The summed E-state index contributed by atoms with van der Waals surface area (Å²) in [5, 5.41) is 10.1. The predicted molar refractivity (Wildman–Crippen MR) is 61.7 cm³/mol. The average molecular weight is 226 g/mol. The Morgan fingerprint density at radius 1 is 1.44 bits per heavy atom. The van der Waals surface area contributed by atoms with Crippen molar-refractivity contribution >= 4 is 5.91 Å². The van der Waals surface area contributed by atoms with Crippen molar-refractivity contribution in [1.29, 1.82) is 0 Å². The first kappa shape index (κ1) is 11.9. The monoisotopic (exact) mass is 226 g/mol. The van der Waals surface area contributed by atoms with Gasteiger partial charge in [0.1, 0.15) is 5.60 Å². The molecule has 0 aromatic heterocycles. The molecule has 2 fully saturated rings. The standard InChI is InChI=1S/C12H22N2O2/c1-9(2)12(16)7-14(8-12)10(15)11(6-13)4-3-5-11/h9,16H,3-8,13H2,1-2H3. The number of hydrogen-bond acceptors (Lipinski definition) is 3. The Morgan fingerprint density at radius 3 is 2.31 bits per heavy atom. The second-order valence-electron chi connectivity index (χ2n) is 5.76. The minimum atomic E-state index is -0.671. The van der Waals surface area contributed by atoms with E-state index in [1.165, 1.54) is 0 Å². The largest absolute Gasteiger partial charge is 0.386 e. The summed E-state index contributed by atoms with van der Waals surface area (Å²) in [4.78, 5) is 14.0. The van der Waals surface area contributed by atoms with Crippen LogP contribution in [0.2, 0.25) is 0 Å². The van der Waals surface area contributed by atoms with Gasteiger partial charge in [0.15, 0.2) is 0 Å². The molecule has 16 heavy (non-hydrogen) atoms. The van der Waals surface area contributed by atoms with Crippen molar-refractivity contribution in [3.05, 3.63) is 0 Å². The van der Waals surface area contributed by atoms with Crippen LogP contribution >= 0.6 is 0 Å². The molecule has 1 aliphatic heterocycles. The number of aliphatic hydroxyl groups is 1. The zero-order valence-corrected chi connectivity index (χ0v) is 10.2. The number of likely N-dealkylation sites (tertiary alicyclic amines) is 1. The van der Waals surface area contributed by atoms with Crippen molar-refractivity contribution in [3.63, 3.8) is 0 Å². The van der Waals surface area contributed by atoms with Crippen molar-refractivity contribution < 1.29 is 9.90 Å². The van der Waals surface area contributed by atoms with Crippen molar-refractivity contribution in [3.8, 4) is 0 Å². The third-order valence-corrected chi connectivity index (χ3v) is 4.45. The summed E-state index contributed by atoms with van der Waals surface area (Å²) >= 11 is 0. The lowest BCUT2D eigenvalue weighted by Gasteiger charge is -2.53. The van der Waals surface area contributed by atoms with E-state index in [1.54, 1.807) is 4.90 Å². The third-order valence-electron chi connectivity index (χ3n) is 4.45. The first-order valence-corrected chi connectivity index (χ1v) is 6.15. The minimum absolute atomic E-state index is 0.159. The fourth-order valence-electron chi connectivity index (χ4n) is 2.57. The van der Waals surface area contributed by atoms with E-state index in [9.17, 15) is 9.90 Å². The van der Waals surface area contributed by atoms with Gasteiger partial charge in [-0.2, -0.15) is 0 Å². The molecule has 0 spiro atoms. The van der Waals surface area contributed by atoms with Crippen LogP contribution in [0.1, 0.15) is 33.1 Å². The number of amides is 1. The van der Waals surface area contributed by atoms with Crippen LogP contribution in [0.4, 0.5) is 0 Å². The van der Waals surface area contributed by atoms with E-state index in [4.69, 9.17) is 5.73 Å². The van der Waals surface area contributed by atoms with E-state index in [2.05, 4.69) is 0 Å². The van der Waals surface area contributed by atoms with Gasteiger partial charge in [0.05, 0.1) is 18.5 Å². The number of carbonyl (C=O) groups is 1. The van der Waals surface area contributed by atoms with Gasteiger partial charge < -0.3 is 15.7 Å². The smallest absolute Gasteiger partial charge is 0.230 e. The van der Waals surface area contributed by atoms with Crippen molar-refractivity contribution in [2.24, 2.45) is 17.1 Å². The molecule has 3 N–H and O–H groups in total. The van der Waals surface area contributed by atoms with Gasteiger partial charge >= 0.3 is 0 Å². The first-order chi connectivity index (χ1) is 7.43. The maximum Gasteiger partial charge on any atom is 0.230 e. The summed E-state index contributed by atoms with van der Waals surface area (Å²) in [5.41, 5.74) is 4.74. The molecule has 0 aromatic carbocycles. The summed E-state index contributed by atoms with van der Waals surface area (Å²) in [6.07, 6.45) is 2.93. The zero-order valence-electron chi connectivity index (χ0n) is 10.2. The Labute approximate surface area is 96.8 Å². The van der Waals surface area contributed by atoms with E-state index >= 15 is 0 Å². The van der Waals surface area contributed by atoms with E-state index in [-0.39, 0.29) is 17.2 Å². The molecule has 0 bridgehead atoms. The molecular formula is C12H22N2O2. The summed E-state index contributed by atoms with van der Waals surface area (Å²) in [6.45, 7) is 5.38. The number of nitrogens with two attached hydrogens (primary N) is 1. The normalized spacial score (nSPS) is 26.2. The molecule has 2 rings (SSSR count). The fourth-order valence-corrected chi connectivity index (χ4v) is 2.57. The van der Waals surface area contributed by atoms with Gasteiger partial charge in [-0.05, 0) is 18.8 Å². The molecule has 1 saturated heterocycles. The molecule has 2 aliphatic rings. The van der Waals surface area contributed by atoms with Crippen LogP contribution in [0.25, 0.3) is 0 Å². The second kappa shape index (κ2) is 3.70. The number of rotatable bonds is 3. The maximum atomic E-state index is 12.2. The van der Waals surface area contributed by atoms with E-state index in [0.29, 0.717) is 19.6 Å². The molecule has 0 aromatic rings. The molecular weight excluding hydrogens is 204 g/mol. The fraction of sp³-hybridized carbons (Fsp3) is 0.917. The Morgan fingerprint density at radius 2 is 2.00 bits per heavy atom. The Balaban J connectivity index is 1.95. The predicted octanol–water partition coefficient (Wildman–Crippen LogP) is 0.345. The molecule has 4 nitrogen and oxygen atoms in total. The minimum Gasteiger partial charge on any atom is -0.386 e. The van der Waals surface area contributed by atoms with Crippen LogP contribution in [0.3, 0.4) is 0 Å². The first-order valence-electron chi connectivity index (χ1n) is 6.15. The van der Waals surface area contributed by atoms with E-state index < -0.39 is 5.60 Å². The maximum absolute atomic E-state index is 12.2. The molecule has 92 valence electrons. The Hall–Kier alpha value is -0.610. The van der Waals surface area contributed by atoms with Crippen LogP contribution in [-0.4, -0.2) is 41.1 Å². The molecule has 1 heterocycles. The highest BCUT2D eigenvalue weighted by molar-refractivity contribution is 5.85. The van der Waals surface area contributed by atoms with E-state index in [1.807, 2.05) is 13.8 Å². The second-order valence-corrected chi connectivity index (χ2v) is 5.76. The highest BCUT2D eigenvalue weighted by atomic mass is 16.3. The molecule has 1 saturated carbocycles. The average Bonchev–Trinajstić information content (AvgIpc) is 2.11. The summed E-state index contributed by atoms with van der Waals surface area (Å²) in [6, 6.07) is 0. The van der Waals surface area contributed by atoms with Crippen LogP contribution < -0.4 is 5.73 Å². The van der Waals surface area contributed by atoms with Gasteiger partial charge in [0, 0.05) is 6.54 Å². The molecule has 1 amide bonds. The van der Waals surface area contributed by atoms with Crippen molar-refractivity contribution in [2.75, 3.05) is 19.6 Å². The summed E-state index contributed by atoms with van der Waals surface area (Å²) in [5.74, 6) is 0.360. The summed E-state index contributed by atoms with van der Waals surface area (Å²) in [7, 11) is 0. The van der Waals surface area contributed by atoms with Gasteiger partial charge in [0.25, 0.3) is 0 Å². The lowest BCUT2D eigenvalue weighted by molar-refractivity contribution is -0.177. The highest BCUT2D eigenvalue weighted by Gasteiger charge is 2.52. The molecule has 0 atom stereocenters. The number of nitrogens with zero attached hydrogens (tertiary/aromatic N) is 1. The molecule has 4 heteroatoms. The SMILES string of the molecule is CC(C)C1(O)CN(C(=O)C2(CN)CCC2)C1. The highest BCUT2D eigenvalue weighted by Crippen LogP contribution is 2.43. The van der Waals surface area contributed by atoms with Gasteiger partial charge in [-0.3, -0.25) is 4.79 Å². The zero-order chi connectivity index (χ0) is 12.0. The van der Waals surface area contributed by atoms with Gasteiger partial charge in [0.2, 0.25) is 5.91 Å². The van der Waals surface area contributed by atoms with Crippen molar-refractivity contribution in [2.45, 2.75) is 38.7 Å². The van der Waals surface area contributed by atoms with Crippen LogP contribution in [0.15, 0.2) is 0 Å². The van der Waals surface area contributed by atoms with Gasteiger partial charge in [-0.25, -0.2) is 0 Å². The van der Waals surface area contributed by atoms with Crippen LogP contribution in [0.5, 0.6) is 0 Å². The quantitative estimate of drug-likeness (QED) is 0.729. The van der Waals surface area contributed by atoms with Gasteiger partial charge in [-0.1, -0.05) is 20.3 Å². The Bertz CT molecular complexity index is 286. The molecule has 1 aliphatic carbocycles. The molecule has 0 radical (unpaired) electrons.